The smallest absolute Gasteiger partial charge is 0.270 e. The number of amides is 1. The van der Waals surface area contributed by atoms with Crippen molar-refractivity contribution in [2.24, 2.45) is 0 Å². The predicted octanol–water partition coefficient (Wildman–Crippen LogP) is 3.56. The van der Waals surface area contributed by atoms with Gasteiger partial charge in [-0.2, -0.15) is 5.10 Å². The molecule has 23 heavy (non-hydrogen) atoms. The van der Waals surface area contributed by atoms with E-state index in [-0.39, 0.29) is 11.4 Å². The fraction of sp³-hybridized carbons (Fsp3) is 0.188. The van der Waals surface area contributed by atoms with Gasteiger partial charge in [0.1, 0.15) is 5.69 Å². The monoisotopic (exact) mass is 390 g/mol. The summed E-state index contributed by atoms with van der Waals surface area (Å²) in [7, 11) is 0. The molecule has 2 heterocycles. The van der Waals surface area contributed by atoms with Crippen LogP contribution in [-0.2, 0) is 5.54 Å². The molecule has 116 valence electrons. The molecule has 0 saturated heterocycles. The van der Waals surface area contributed by atoms with Crippen LogP contribution in [0.4, 0.5) is 0 Å². The third-order valence-corrected chi connectivity index (χ3v) is 4.68. The van der Waals surface area contributed by atoms with Crippen LogP contribution < -0.4 is 5.32 Å². The molecule has 5 nitrogen and oxygen atoms in total. The molecule has 0 bridgehead atoms. The van der Waals surface area contributed by atoms with Crippen molar-refractivity contribution in [1.82, 2.24) is 19.9 Å². The summed E-state index contributed by atoms with van der Waals surface area (Å²) in [5.41, 5.74) is 1.69. The van der Waals surface area contributed by atoms with Gasteiger partial charge in [-0.05, 0) is 42.7 Å². The van der Waals surface area contributed by atoms with Crippen molar-refractivity contribution >= 4 is 39.1 Å². The molecule has 0 unspecified atom stereocenters. The molecule has 1 fully saturated rings. The maximum Gasteiger partial charge on any atom is 0.270 e. The second-order valence-corrected chi connectivity index (χ2v) is 6.99. The number of hydrogen-bond donors (Lipinski definition) is 1. The molecule has 1 aromatic carbocycles. The van der Waals surface area contributed by atoms with Gasteiger partial charge < -0.3 is 5.32 Å². The van der Waals surface area contributed by atoms with Crippen molar-refractivity contribution < 1.29 is 4.79 Å². The Balaban J connectivity index is 1.62. The SMILES string of the molecule is O=C(NC1(c2cc(Cl)cc(Br)c2)CC1)c1ccn2nccc2n1. The minimum absolute atomic E-state index is 0.192. The highest BCUT2D eigenvalue weighted by molar-refractivity contribution is 9.10. The number of rotatable bonds is 3. The van der Waals surface area contributed by atoms with Gasteiger partial charge >= 0.3 is 0 Å². The highest BCUT2D eigenvalue weighted by Gasteiger charge is 2.46. The second-order valence-electron chi connectivity index (χ2n) is 5.64. The minimum atomic E-state index is -0.349. The Morgan fingerprint density at radius 1 is 1.30 bits per heavy atom. The quantitative estimate of drug-likeness (QED) is 0.742. The lowest BCUT2D eigenvalue weighted by Crippen LogP contribution is -2.35. The van der Waals surface area contributed by atoms with E-state index in [0.29, 0.717) is 16.4 Å². The summed E-state index contributed by atoms with van der Waals surface area (Å²) in [6, 6.07) is 9.15. The number of halogens is 2. The third kappa shape index (κ3) is 2.72. The normalized spacial score (nSPS) is 15.6. The first-order valence-corrected chi connectivity index (χ1v) is 8.32. The van der Waals surface area contributed by atoms with Crippen LogP contribution in [0.2, 0.25) is 5.02 Å². The largest absolute Gasteiger partial charge is 0.341 e. The Bertz CT molecular complexity index is 899. The van der Waals surface area contributed by atoms with Gasteiger partial charge in [-0.3, -0.25) is 4.79 Å². The first-order valence-electron chi connectivity index (χ1n) is 7.15. The topological polar surface area (TPSA) is 59.3 Å². The van der Waals surface area contributed by atoms with Crippen LogP contribution in [-0.4, -0.2) is 20.5 Å². The van der Waals surface area contributed by atoms with Crippen LogP contribution in [0.25, 0.3) is 5.65 Å². The summed E-state index contributed by atoms with van der Waals surface area (Å²) in [6.07, 6.45) is 5.16. The third-order valence-electron chi connectivity index (χ3n) is 4.01. The number of benzene rings is 1. The zero-order valence-corrected chi connectivity index (χ0v) is 14.3. The summed E-state index contributed by atoms with van der Waals surface area (Å²) in [4.78, 5) is 16.9. The molecule has 0 spiro atoms. The van der Waals surface area contributed by atoms with Gasteiger partial charge in [-0.15, -0.1) is 0 Å². The van der Waals surface area contributed by atoms with E-state index in [4.69, 9.17) is 11.6 Å². The van der Waals surface area contributed by atoms with Crippen molar-refractivity contribution in [3.05, 3.63) is 63.5 Å². The lowest BCUT2D eigenvalue weighted by molar-refractivity contribution is 0.0926. The summed E-state index contributed by atoms with van der Waals surface area (Å²) >= 11 is 9.57. The summed E-state index contributed by atoms with van der Waals surface area (Å²) in [5.74, 6) is -0.192. The summed E-state index contributed by atoms with van der Waals surface area (Å²) < 4.78 is 2.52. The van der Waals surface area contributed by atoms with Crippen molar-refractivity contribution in [1.29, 1.82) is 0 Å². The molecule has 0 atom stereocenters. The van der Waals surface area contributed by atoms with E-state index in [9.17, 15) is 4.79 Å². The van der Waals surface area contributed by atoms with Crippen LogP contribution in [0, 0.1) is 0 Å². The maximum atomic E-state index is 12.6. The highest BCUT2D eigenvalue weighted by atomic mass is 79.9. The van der Waals surface area contributed by atoms with E-state index in [1.54, 1.807) is 29.0 Å². The number of nitrogens with one attached hydrogen (secondary N) is 1. The molecule has 0 radical (unpaired) electrons. The summed E-state index contributed by atoms with van der Waals surface area (Å²) in [6.45, 7) is 0. The van der Waals surface area contributed by atoms with Crippen LogP contribution in [0.3, 0.4) is 0 Å². The van der Waals surface area contributed by atoms with Crippen molar-refractivity contribution in [2.75, 3.05) is 0 Å². The molecule has 1 aliphatic carbocycles. The zero-order chi connectivity index (χ0) is 16.0. The molecular formula is C16H12BrClN4O. The maximum absolute atomic E-state index is 12.6. The Hall–Kier alpha value is -1.92. The minimum Gasteiger partial charge on any atom is -0.341 e. The fourth-order valence-electron chi connectivity index (χ4n) is 2.66. The number of carbonyl (C=O) groups is 1. The van der Waals surface area contributed by atoms with Crippen LogP contribution in [0.15, 0.2) is 47.2 Å². The lowest BCUT2D eigenvalue weighted by atomic mass is 10.0. The molecule has 1 amide bonds. The molecular weight excluding hydrogens is 380 g/mol. The zero-order valence-electron chi connectivity index (χ0n) is 12.0. The number of fused-ring (bicyclic) bond motifs is 1. The number of carbonyl (C=O) groups excluding carboxylic acids is 1. The molecule has 1 N–H and O–H groups in total. The molecule has 4 rings (SSSR count). The van der Waals surface area contributed by atoms with Gasteiger partial charge in [0.05, 0.1) is 11.7 Å². The van der Waals surface area contributed by atoms with Gasteiger partial charge in [0.25, 0.3) is 5.91 Å². The number of aromatic nitrogens is 3. The Labute approximate surface area is 145 Å². The Morgan fingerprint density at radius 3 is 2.87 bits per heavy atom. The van der Waals surface area contributed by atoms with Gasteiger partial charge in [0.15, 0.2) is 5.65 Å². The molecule has 7 heteroatoms. The second kappa shape index (κ2) is 5.32. The number of nitrogens with zero attached hydrogens (tertiary/aromatic N) is 3. The molecule has 2 aromatic heterocycles. The van der Waals surface area contributed by atoms with Gasteiger partial charge in [-0.25, -0.2) is 9.50 Å². The standard InChI is InChI=1S/C16H12BrClN4O/c17-11-7-10(8-12(18)9-11)16(3-4-16)21-15(23)13-2-6-22-14(20-13)1-5-19-22/h1-2,5-9H,3-4H2,(H,21,23). The first-order chi connectivity index (χ1) is 11.1. The molecule has 3 aromatic rings. The van der Waals surface area contributed by atoms with Crippen LogP contribution >= 0.6 is 27.5 Å². The fourth-order valence-corrected chi connectivity index (χ4v) is 3.52. The Morgan fingerprint density at radius 2 is 2.13 bits per heavy atom. The molecule has 0 aliphatic heterocycles. The van der Waals surface area contributed by atoms with Gasteiger partial charge in [0, 0.05) is 21.8 Å². The van der Waals surface area contributed by atoms with Crippen LogP contribution in [0.5, 0.6) is 0 Å². The van der Waals surface area contributed by atoms with Crippen molar-refractivity contribution in [2.45, 2.75) is 18.4 Å². The van der Waals surface area contributed by atoms with Crippen molar-refractivity contribution in [3.63, 3.8) is 0 Å². The van der Waals surface area contributed by atoms with E-state index in [0.717, 1.165) is 22.9 Å². The van der Waals surface area contributed by atoms with Crippen molar-refractivity contribution in [3.8, 4) is 0 Å². The number of hydrogen-bond acceptors (Lipinski definition) is 3. The average molecular weight is 392 g/mol. The molecule has 1 saturated carbocycles. The van der Waals surface area contributed by atoms with E-state index >= 15 is 0 Å². The van der Waals surface area contributed by atoms with E-state index in [2.05, 4.69) is 31.3 Å². The van der Waals surface area contributed by atoms with Gasteiger partial charge in [-0.1, -0.05) is 27.5 Å². The summed E-state index contributed by atoms with van der Waals surface area (Å²) in [5, 5.41) is 7.82. The molecule has 1 aliphatic rings. The highest BCUT2D eigenvalue weighted by Crippen LogP contribution is 2.47. The Kier molecular flexibility index (Phi) is 3.39. The predicted molar refractivity (Wildman–Crippen MR) is 90.5 cm³/mol. The van der Waals surface area contributed by atoms with Gasteiger partial charge in [0.2, 0.25) is 0 Å². The van der Waals surface area contributed by atoms with E-state index in [1.807, 2.05) is 18.2 Å². The average Bonchev–Trinajstić information content (AvgIpc) is 3.14. The van der Waals surface area contributed by atoms with E-state index < -0.39 is 0 Å². The lowest BCUT2D eigenvalue weighted by Gasteiger charge is -2.18. The first kappa shape index (κ1) is 14.7. The van der Waals surface area contributed by atoms with Crippen LogP contribution in [0.1, 0.15) is 28.9 Å². The van der Waals surface area contributed by atoms with E-state index in [1.165, 1.54) is 0 Å².